The quantitative estimate of drug-likeness (QED) is 0.799. The lowest BCUT2D eigenvalue weighted by Crippen LogP contribution is -2.03. The number of aryl methyl sites for hydroxylation is 1. The highest BCUT2D eigenvalue weighted by Gasteiger charge is 2.47. The normalized spacial score (nSPS) is 23.6. The van der Waals surface area contributed by atoms with Gasteiger partial charge in [-0.05, 0) is 25.5 Å². The van der Waals surface area contributed by atoms with Crippen molar-refractivity contribution in [3.63, 3.8) is 0 Å². The fourth-order valence-electron chi connectivity index (χ4n) is 1.88. The second kappa shape index (κ2) is 3.01. The maximum Gasteiger partial charge on any atom is 0.307 e. The van der Waals surface area contributed by atoms with E-state index in [2.05, 4.69) is 15.3 Å². The summed E-state index contributed by atoms with van der Waals surface area (Å²) >= 11 is 0. The average Bonchev–Trinajstić information content (AvgIpc) is 2.93. The molecule has 82 valence electrons. The topological polar surface area (TPSA) is 80.4 Å². The zero-order valence-electron chi connectivity index (χ0n) is 8.66. The molecule has 1 fully saturated rings. The van der Waals surface area contributed by atoms with Gasteiger partial charge < -0.3 is 5.11 Å². The number of fused-ring (bicyclic) bond motifs is 1. The van der Waals surface area contributed by atoms with Gasteiger partial charge in [-0.2, -0.15) is 9.61 Å². The predicted octanol–water partition coefficient (Wildman–Crippen LogP) is 0.621. The Morgan fingerprint density at radius 3 is 3.00 bits per heavy atom. The highest BCUT2D eigenvalue weighted by molar-refractivity contribution is 5.74. The highest BCUT2D eigenvalue weighted by atomic mass is 16.4. The monoisotopic (exact) mass is 218 g/mol. The van der Waals surface area contributed by atoms with Crippen LogP contribution in [-0.2, 0) is 4.79 Å². The third-order valence-electron chi connectivity index (χ3n) is 2.86. The van der Waals surface area contributed by atoms with Crippen LogP contribution in [0.3, 0.4) is 0 Å². The summed E-state index contributed by atoms with van der Waals surface area (Å²) in [6, 6.07) is 3.69. The molecule has 16 heavy (non-hydrogen) atoms. The van der Waals surface area contributed by atoms with E-state index in [1.54, 1.807) is 4.52 Å². The first-order chi connectivity index (χ1) is 7.66. The van der Waals surface area contributed by atoms with Crippen molar-refractivity contribution in [2.45, 2.75) is 19.3 Å². The van der Waals surface area contributed by atoms with Crippen LogP contribution in [0.25, 0.3) is 5.65 Å². The van der Waals surface area contributed by atoms with Gasteiger partial charge in [0.25, 0.3) is 0 Å². The van der Waals surface area contributed by atoms with Crippen LogP contribution >= 0.6 is 0 Å². The fourth-order valence-corrected chi connectivity index (χ4v) is 1.88. The van der Waals surface area contributed by atoms with Crippen LogP contribution in [0.4, 0.5) is 0 Å². The number of nitrogens with zero attached hydrogens (tertiary/aromatic N) is 4. The van der Waals surface area contributed by atoms with Gasteiger partial charge in [0.2, 0.25) is 0 Å². The van der Waals surface area contributed by atoms with Gasteiger partial charge in [-0.1, -0.05) is 0 Å². The summed E-state index contributed by atoms with van der Waals surface area (Å²) in [7, 11) is 0. The lowest BCUT2D eigenvalue weighted by Gasteiger charge is -1.97. The largest absolute Gasteiger partial charge is 0.481 e. The van der Waals surface area contributed by atoms with Gasteiger partial charge in [0.1, 0.15) is 0 Å². The average molecular weight is 218 g/mol. The summed E-state index contributed by atoms with van der Waals surface area (Å²) in [6.07, 6.45) is 0.631. The van der Waals surface area contributed by atoms with Crippen molar-refractivity contribution in [1.29, 1.82) is 0 Å². The first-order valence-electron chi connectivity index (χ1n) is 5.08. The molecule has 1 aliphatic carbocycles. The Labute approximate surface area is 90.9 Å². The lowest BCUT2D eigenvalue weighted by molar-refractivity contribution is -0.138. The van der Waals surface area contributed by atoms with E-state index in [1.807, 2.05) is 19.1 Å². The molecule has 1 aliphatic rings. The number of aromatic nitrogens is 4. The summed E-state index contributed by atoms with van der Waals surface area (Å²) in [5.41, 5.74) is 1.53. The molecule has 0 spiro atoms. The molecule has 6 nitrogen and oxygen atoms in total. The molecule has 0 aromatic carbocycles. The van der Waals surface area contributed by atoms with Crippen LogP contribution in [0.15, 0.2) is 12.1 Å². The standard InChI is InChI=1S/C10H10N4O2/c1-5-2-3-8-11-12-9(14(8)13-5)6-4-7(6)10(15)16/h2-3,6-7H,4H2,1H3,(H,15,16). The number of rotatable bonds is 2. The number of hydrogen-bond acceptors (Lipinski definition) is 4. The first-order valence-corrected chi connectivity index (χ1v) is 5.08. The zero-order chi connectivity index (χ0) is 11.3. The number of hydrogen-bond donors (Lipinski definition) is 1. The lowest BCUT2D eigenvalue weighted by atomic mass is 10.3. The van der Waals surface area contributed by atoms with Gasteiger partial charge in [0.05, 0.1) is 11.6 Å². The van der Waals surface area contributed by atoms with Crippen LogP contribution in [0.2, 0.25) is 0 Å². The molecule has 2 aromatic heterocycles. The van der Waals surface area contributed by atoms with Crippen molar-refractivity contribution in [2.75, 3.05) is 0 Å². The fraction of sp³-hybridized carbons (Fsp3) is 0.400. The van der Waals surface area contributed by atoms with Gasteiger partial charge in [0.15, 0.2) is 11.5 Å². The van der Waals surface area contributed by atoms with Crippen LogP contribution in [-0.4, -0.2) is 30.9 Å². The molecular formula is C10H10N4O2. The molecule has 0 aliphatic heterocycles. The van der Waals surface area contributed by atoms with Crippen LogP contribution in [0, 0.1) is 12.8 Å². The zero-order valence-corrected chi connectivity index (χ0v) is 8.66. The summed E-state index contributed by atoms with van der Waals surface area (Å²) in [5, 5.41) is 21.2. The summed E-state index contributed by atoms with van der Waals surface area (Å²) in [4.78, 5) is 10.8. The number of carbonyl (C=O) groups is 1. The Morgan fingerprint density at radius 2 is 2.31 bits per heavy atom. The van der Waals surface area contributed by atoms with Crippen molar-refractivity contribution < 1.29 is 9.90 Å². The van der Waals surface area contributed by atoms with Gasteiger partial charge in [-0.15, -0.1) is 10.2 Å². The van der Waals surface area contributed by atoms with Gasteiger partial charge >= 0.3 is 5.97 Å². The van der Waals surface area contributed by atoms with E-state index < -0.39 is 5.97 Å². The molecule has 2 heterocycles. The van der Waals surface area contributed by atoms with Crippen LogP contribution in [0.5, 0.6) is 0 Å². The predicted molar refractivity (Wildman–Crippen MR) is 54.0 cm³/mol. The third kappa shape index (κ3) is 1.26. The van der Waals surface area contributed by atoms with E-state index in [-0.39, 0.29) is 11.8 Å². The molecule has 0 saturated heterocycles. The molecule has 0 amide bonds. The first kappa shape index (κ1) is 9.26. The minimum atomic E-state index is -0.769. The van der Waals surface area contributed by atoms with Crippen molar-refractivity contribution in [1.82, 2.24) is 19.8 Å². The second-order valence-electron chi connectivity index (χ2n) is 4.09. The Kier molecular flexibility index (Phi) is 1.74. The van der Waals surface area contributed by atoms with E-state index >= 15 is 0 Å². The number of carboxylic acid groups (broad SMARTS) is 1. The highest BCUT2D eigenvalue weighted by Crippen LogP contribution is 2.46. The van der Waals surface area contributed by atoms with E-state index in [9.17, 15) is 4.79 Å². The van der Waals surface area contributed by atoms with E-state index in [0.29, 0.717) is 17.9 Å². The second-order valence-corrected chi connectivity index (χ2v) is 4.09. The van der Waals surface area contributed by atoms with Gasteiger partial charge in [-0.3, -0.25) is 4.79 Å². The Morgan fingerprint density at radius 1 is 1.50 bits per heavy atom. The molecule has 2 unspecified atom stereocenters. The van der Waals surface area contributed by atoms with E-state index in [4.69, 9.17) is 5.11 Å². The van der Waals surface area contributed by atoms with Gasteiger partial charge in [-0.25, -0.2) is 0 Å². The van der Waals surface area contributed by atoms with Crippen molar-refractivity contribution in [2.24, 2.45) is 5.92 Å². The smallest absolute Gasteiger partial charge is 0.307 e. The summed E-state index contributed by atoms with van der Waals surface area (Å²) < 4.78 is 1.64. The SMILES string of the molecule is Cc1ccc2nnc(C3CC3C(=O)O)n2n1. The minimum Gasteiger partial charge on any atom is -0.481 e. The molecule has 1 N–H and O–H groups in total. The number of aliphatic carboxylic acids is 1. The molecule has 3 rings (SSSR count). The number of carboxylic acids is 1. The third-order valence-corrected chi connectivity index (χ3v) is 2.86. The van der Waals surface area contributed by atoms with Crippen molar-refractivity contribution in [3.05, 3.63) is 23.7 Å². The molecule has 1 saturated carbocycles. The molecular weight excluding hydrogens is 208 g/mol. The molecule has 2 aromatic rings. The molecule has 6 heteroatoms. The molecule has 0 bridgehead atoms. The Balaban J connectivity index is 2.05. The van der Waals surface area contributed by atoms with Crippen LogP contribution in [0.1, 0.15) is 23.9 Å². The van der Waals surface area contributed by atoms with E-state index in [1.165, 1.54) is 0 Å². The minimum absolute atomic E-state index is 0.0400. The Bertz CT molecular complexity index is 577. The van der Waals surface area contributed by atoms with E-state index in [0.717, 1.165) is 5.69 Å². The summed E-state index contributed by atoms with van der Waals surface area (Å²) in [5.74, 6) is -0.475. The van der Waals surface area contributed by atoms with Crippen molar-refractivity contribution >= 4 is 11.6 Å². The molecule has 0 radical (unpaired) electrons. The maximum atomic E-state index is 10.8. The molecule has 2 atom stereocenters. The van der Waals surface area contributed by atoms with Gasteiger partial charge in [0, 0.05) is 5.92 Å². The summed E-state index contributed by atoms with van der Waals surface area (Å²) in [6.45, 7) is 1.88. The van der Waals surface area contributed by atoms with Crippen molar-refractivity contribution in [3.8, 4) is 0 Å². The van der Waals surface area contributed by atoms with Crippen LogP contribution < -0.4 is 0 Å². The maximum absolute atomic E-state index is 10.8. The Hall–Kier alpha value is -1.98.